The van der Waals surface area contributed by atoms with Gasteiger partial charge >= 0.3 is 0 Å². The molecule has 0 aliphatic heterocycles. The number of benzene rings is 7. The van der Waals surface area contributed by atoms with Gasteiger partial charge in [0.2, 0.25) is 0 Å². The molecule has 9 rings (SSSR count). The Morgan fingerprint density at radius 3 is 1.10 bits per heavy atom. The summed E-state index contributed by atoms with van der Waals surface area (Å²) < 4.78 is 6.95. The van der Waals surface area contributed by atoms with Gasteiger partial charge in [-0.1, -0.05) is 153 Å². The Balaban J connectivity index is 1.27. The van der Waals surface area contributed by atoms with Crippen LogP contribution in [0.15, 0.2) is 114 Å². The lowest BCUT2D eigenvalue weighted by Gasteiger charge is -2.25. The Kier molecular flexibility index (Phi) is 10.1. The van der Waals surface area contributed by atoms with Crippen molar-refractivity contribution in [2.75, 3.05) is 0 Å². The van der Waals surface area contributed by atoms with Gasteiger partial charge in [0.1, 0.15) is 97.5 Å². The second-order valence-electron chi connectivity index (χ2n) is 16.7. The maximum absolute atomic E-state index is 6.95. The van der Waals surface area contributed by atoms with E-state index < -0.39 is 0 Å². The van der Waals surface area contributed by atoms with E-state index in [-0.39, 0.29) is 0 Å². The molecule has 0 amide bonds. The van der Waals surface area contributed by atoms with Gasteiger partial charge in [0.15, 0.2) is 17.5 Å². The van der Waals surface area contributed by atoms with Crippen LogP contribution in [-0.2, 0) is 0 Å². The number of hydrogen-bond acceptors (Lipinski definition) is 4. The highest BCUT2D eigenvalue weighted by atomic mass is 16.3. The molecule has 0 unspecified atom stereocenters. The van der Waals surface area contributed by atoms with Gasteiger partial charge in [0.05, 0.1) is 0 Å². The fourth-order valence-electron chi connectivity index (χ4n) is 9.42. The molecule has 0 radical (unpaired) electrons. The largest absolute Gasteiger partial charge is 0.457 e. The molecular formula is C45H40B11N3O. The van der Waals surface area contributed by atoms with Gasteiger partial charge in [0.25, 0.3) is 0 Å². The maximum atomic E-state index is 6.95. The lowest BCUT2D eigenvalue weighted by atomic mass is 9.59. The summed E-state index contributed by atoms with van der Waals surface area (Å²) in [7, 11) is 24.6. The fourth-order valence-corrected chi connectivity index (χ4v) is 9.42. The zero-order chi connectivity index (χ0) is 42.1. The molecule has 0 atom stereocenters. The lowest BCUT2D eigenvalue weighted by Crippen LogP contribution is -2.48. The first kappa shape index (κ1) is 39.5. The fraction of sp³-hybridized carbons (Fsp3) is 0. The smallest absolute Gasteiger partial charge is 0.164 e. The molecule has 2 heterocycles. The van der Waals surface area contributed by atoms with Crippen LogP contribution in [0.2, 0.25) is 0 Å². The number of nitrogens with zero attached hydrogens (tertiary/aromatic N) is 3. The number of hydrogen-bond donors (Lipinski definition) is 0. The van der Waals surface area contributed by atoms with Crippen molar-refractivity contribution in [1.29, 1.82) is 0 Å². The standard InChI is InChI=1S/C45H40B11N3O/c46-30-25(26-31(47)33(49)27-28-34(50)38(54)39(55)40(56)42(28)60-41(27)36(26)52)32(48)37(53)35(51)29(30)45-58-43(23-15-11-21(12-16-23)19-7-3-1-4-8-19)57-44(59-45)24-17-13-22(14-18-24)20-9-5-2-6-10-20/h1-18H,46-56H2. The summed E-state index contributed by atoms with van der Waals surface area (Å²) in [6.45, 7) is 0. The molecule has 9 aromatic rings. The number of furan rings is 1. The van der Waals surface area contributed by atoms with Crippen molar-refractivity contribution >= 4 is 168 Å². The Labute approximate surface area is 362 Å². The minimum atomic E-state index is 0.642. The van der Waals surface area contributed by atoms with Crippen LogP contribution in [0.25, 0.3) is 89.5 Å². The van der Waals surface area contributed by atoms with E-state index in [1.54, 1.807) is 0 Å². The monoisotopic (exact) mass is 759 g/mol. The maximum Gasteiger partial charge on any atom is 0.164 e. The van der Waals surface area contributed by atoms with Gasteiger partial charge in [-0.15, -0.1) is 10.9 Å². The van der Waals surface area contributed by atoms with Crippen LogP contribution in [0.3, 0.4) is 0 Å². The third-order valence-corrected chi connectivity index (χ3v) is 13.6. The molecule has 0 saturated carbocycles. The molecule has 0 aliphatic rings. The molecule has 60 heavy (non-hydrogen) atoms. The first-order valence-electron chi connectivity index (χ1n) is 21.0. The van der Waals surface area contributed by atoms with Crippen molar-refractivity contribution in [2.24, 2.45) is 0 Å². The molecule has 2 aromatic heterocycles. The molecule has 0 bridgehead atoms. The van der Waals surface area contributed by atoms with Crippen LogP contribution in [-0.4, -0.2) is 101 Å². The predicted octanol–water partition coefficient (Wildman–Crippen LogP) is -7.38. The Hall–Kier alpha value is -5.94. The van der Waals surface area contributed by atoms with Gasteiger partial charge in [-0.3, -0.25) is 0 Å². The van der Waals surface area contributed by atoms with Crippen molar-refractivity contribution in [3.8, 4) is 67.5 Å². The third-order valence-electron chi connectivity index (χ3n) is 13.6. The first-order chi connectivity index (χ1) is 28.8. The number of fused-ring (bicyclic) bond motifs is 3. The van der Waals surface area contributed by atoms with Crippen LogP contribution in [0.4, 0.5) is 0 Å². The summed E-state index contributed by atoms with van der Waals surface area (Å²) in [5, 5.41) is 2.48. The van der Waals surface area contributed by atoms with E-state index in [0.29, 0.717) is 17.5 Å². The summed E-state index contributed by atoms with van der Waals surface area (Å²) in [5.41, 5.74) is 25.6. The molecule has 7 aromatic carbocycles. The van der Waals surface area contributed by atoms with E-state index in [1.165, 1.54) is 82.2 Å². The van der Waals surface area contributed by atoms with Crippen molar-refractivity contribution in [2.45, 2.75) is 0 Å². The molecule has 0 saturated heterocycles. The molecule has 0 aliphatic carbocycles. The van der Waals surface area contributed by atoms with Gasteiger partial charge in [0, 0.05) is 27.5 Å². The van der Waals surface area contributed by atoms with Crippen LogP contribution in [0.5, 0.6) is 0 Å². The summed E-state index contributed by atoms with van der Waals surface area (Å²) in [6.07, 6.45) is 0. The van der Waals surface area contributed by atoms with E-state index in [4.69, 9.17) is 19.4 Å². The van der Waals surface area contributed by atoms with Crippen LogP contribution < -0.4 is 60.1 Å². The number of rotatable bonds is 6. The van der Waals surface area contributed by atoms with Gasteiger partial charge in [-0.2, -0.15) is 0 Å². The molecule has 0 spiro atoms. The Bertz CT molecular complexity index is 3090. The predicted molar refractivity (Wildman–Crippen MR) is 290 cm³/mol. The van der Waals surface area contributed by atoms with Crippen molar-refractivity contribution < 1.29 is 4.42 Å². The zero-order valence-corrected chi connectivity index (χ0v) is 36.6. The van der Waals surface area contributed by atoms with Gasteiger partial charge < -0.3 is 4.42 Å². The van der Waals surface area contributed by atoms with Crippen molar-refractivity contribution in [3.05, 3.63) is 109 Å². The Morgan fingerprint density at radius 2 is 0.600 bits per heavy atom. The average Bonchev–Trinajstić information content (AvgIpc) is 3.69. The van der Waals surface area contributed by atoms with E-state index in [2.05, 4.69) is 183 Å². The van der Waals surface area contributed by atoms with E-state index in [0.717, 1.165) is 49.9 Å². The van der Waals surface area contributed by atoms with Crippen LogP contribution in [0.1, 0.15) is 0 Å². The lowest BCUT2D eigenvalue weighted by molar-refractivity contribution is 0.675. The topological polar surface area (TPSA) is 51.8 Å². The van der Waals surface area contributed by atoms with E-state index in [9.17, 15) is 0 Å². The molecule has 15 heteroatoms. The normalized spacial score (nSPS) is 11.4. The summed E-state index contributed by atoms with van der Waals surface area (Å²) in [6, 6.07) is 38.0. The van der Waals surface area contributed by atoms with E-state index in [1.807, 2.05) is 12.1 Å². The molecular weight excluding hydrogens is 717 g/mol. The summed E-state index contributed by atoms with van der Waals surface area (Å²) >= 11 is 0. The molecule has 274 valence electrons. The second kappa shape index (κ2) is 15.3. The minimum absolute atomic E-state index is 0.642. The van der Waals surface area contributed by atoms with Gasteiger partial charge in [-0.05, 0) is 38.8 Å². The van der Waals surface area contributed by atoms with Crippen LogP contribution >= 0.6 is 0 Å². The highest BCUT2D eigenvalue weighted by Gasteiger charge is 2.26. The van der Waals surface area contributed by atoms with Crippen LogP contribution in [0, 0.1) is 0 Å². The second-order valence-corrected chi connectivity index (χ2v) is 16.7. The highest BCUT2D eigenvalue weighted by Crippen LogP contribution is 2.30. The average molecular weight is 758 g/mol. The molecule has 4 nitrogen and oxygen atoms in total. The Morgan fingerprint density at radius 1 is 0.267 bits per heavy atom. The highest BCUT2D eigenvalue weighted by molar-refractivity contribution is 6.70. The quantitative estimate of drug-likeness (QED) is 0.159. The first-order valence-corrected chi connectivity index (χ1v) is 21.0. The zero-order valence-electron chi connectivity index (χ0n) is 36.6. The number of aromatic nitrogens is 3. The third kappa shape index (κ3) is 6.36. The SMILES string of the molecule is Bc1c(B)c(-c2nc(-c3ccc(-c4ccccc4)cc3)nc(-c3ccc(-c4ccccc4)cc3)n2)c(B)c(-c2c(B)c(B)c3c(oc4c(B)c(B)c(B)c(B)c43)c2B)c1B. The van der Waals surface area contributed by atoms with Gasteiger partial charge in [-0.25, -0.2) is 15.0 Å². The van der Waals surface area contributed by atoms with Crippen molar-refractivity contribution in [1.82, 2.24) is 15.0 Å². The molecule has 0 fully saturated rings. The molecule has 0 N–H and O–H groups in total. The minimum Gasteiger partial charge on any atom is -0.457 e. The van der Waals surface area contributed by atoms with E-state index >= 15 is 0 Å². The summed E-state index contributed by atoms with van der Waals surface area (Å²) in [5.74, 6) is 1.95. The summed E-state index contributed by atoms with van der Waals surface area (Å²) in [4.78, 5) is 15.8. The van der Waals surface area contributed by atoms with Crippen molar-refractivity contribution in [3.63, 3.8) is 0 Å².